The van der Waals surface area contributed by atoms with Crippen molar-refractivity contribution >= 4 is 45.2 Å². The van der Waals surface area contributed by atoms with Crippen LogP contribution in [0.25, 0.3) is 33.8 Å². The first-order valence-corrected chi connectivity index (χ1v) is 16.2. The van der Waals surface area contributed by atoms with E-state index in [9.17, 15) is 0 Å². The topological polar surface area (TPSA) is 8.17 Å². The summed E-state index contributed by atoms with van der Waals surface area (Å²) in [4.78, 5) is 2.33. The normalized spacial score (nSPS) is 12.0. The van der Waals surface area contributed by atoms with E-state index in [0.717, 1.165) is 22.7 Å². The highest BCUT2D eigenvalue weighted by molar-refractivity contribution is 6.05. The Kier molecular flexibility index (Phi) is 8.41. The van der Waals surface area contributed by atoms with Crippen molar-refractivity contribution < 1.29 is 0 Å². The molecule has 0 aliphatic carbocycles. The molecule has 0 spiro atoms. The molecule has 228 valence electrons. The van der Waals surface area contributed by atoms with Gasteiger partial charge in [-0.2, -0.15) is 0 Å². The molecular formula is C45H38N2. The molecule has 0 aliphatic heterocycles. The van der Waals surface area contributed by atoms with Gasteiger partial charge in [0.2, 0.25) is 0 Å². The van der Waals surface area contributed by atoms with Gasteiger partial charge in [-0.3, -0.25) is 0 Å². The second-order valence-electron chi connectivity index (χ2n) is 11.8. The highest BCUT2D eigenvalue weighted by atomic mass is 15.1. The van der Waals surface area contributed by atoms with Crippen molar-refractivity contribution in [3.63, 3.8) is 0 Å². The molecule has 0 amide bonds. The number of fused-ring (bicyclic) bond motifs is 1. The second kappa shape index (κ2) is 13.2. The van der Waals surface area contributed by atoms with Crippen molar-refractivity contribution in [3.8, 4) is 5.69 Å². The van der Waals surface area contributed by atoms with E-state index in [4.69, 9.17) is 0 Å². The van der Waals surface area contributed by atoms with Gasteiger partial charge in [-0.05, 0) is 103 Å². The molecule has 0 atom stereocenters. The largest absolute Gasteiger partial charge is 0.310 e. The zero-order valence-electron chi connectivity index (χ0n) is 27.1. The summed E-state index contributed by atoms with van der Waals surface area (Å²) < 4.78 is 2.43. The summed E-state index contributed by atoms with van der Waals surface area (Å²) in [6.45, 7) is 6.61. The van der Waals surface area contributed by atoms with E-state index < -0.39 is 0 Å². The van der Waals surface area contributed by atoms with E-state index in [1.165, 1.54) is 50.0 Å². The molecule has 2 heteroatoms. The Morgan fingerprint density at radius 2 is 1.17 bits per heavy atom. The monoisotopic (exact) mass is 606 g/mol. The number of rotatable bonds is 8. The molecule has 0 saturated carbocycles. The van der Waals surface area contributed by atoms with Crippen molar-refractivity contribution in [1.29, 1.82) is 0 Å². The SMILES string of the molecule is C/C=C\c1c(/C(C)=C(\c2cccc(N(c3ccccc3)c3ccccc3)c2)c2ccccc2C)n(-c2ccccc2)c2ccccc12. The summed E-state index contributed by atoms with van der Waals surface area (Å²) in [7, 11) is 0. The van der Waals surface area contributed by atoms with Gasteiger partial charge in [-0.25, -0.2) is 0 Å². The Balaban J connectivity index is 1.55. The van der Waals surface area contributed by atoms with Gasteiger partial charge in [0.15, 0.2) is 0 Å². The Hall–Kier alpha value is -5.86. The quantitative estimate of drug-likeness (QED) is 0.167. The minimum Gasteiger partial charge on any atom is -0.310 e. The fourth-order valence-corrected chi connectivity index (χ4v) is 6.76. The Morgan fingerprint density at radius 1 is 0.596 bits per heavy atom. The maximum atomic E-state index is 2.43. The zero-order chi connectivity index (χ0) is 32.2. The molecule has 2 nitrogen and oxygen atoms in total. The molecule has 1 heterocycles. The molecule has 7 aromatic rings. The number of aromatic nitrogens is 1. The standard InChI is InChI=1S/C45H38N2/c1-4-19-42-41-30-16-17-31-43(41)47(38-26-12-7-13-27-38)45(42)34(3)44(40-29-15-14-20-33(40)2)35-21-18-28-39(32-35)46(36-22-8-5-9-23-36)37-24-10-6-11-25-37/h4-32H,1-3H3/b19-4-,44-34+. The molecule has 0 aliphatic rings. The Labute approximate surface area is 278 Å². The first-order chi connectivity index (χ1) is 23.2. The summed E-state index contributed by atoms with van der Waals surface area (Å²) >= 11 is 0. The van der Waals surface area contributed by atoms with Crippen LogP contribution in [0.2, 0.25) is 0 Å². The van der Waals surface area contributed by atoms with E-state index in [1.807, 2.05) is 0 Å². The molecule has 6 aromatic carbocycles. The van der Waals surface area contributed by atoms with E-state index in [2.05, 4.69) is 206 Å². The number of hydrogen-bond acceptors (Lipinski definition) is 1. The maximum Gasteiger partial charge on any atom is 0.0576 e. The number of aryl methyl sites for hydroxylation is 1. The van der Waals surface area contributed by atoms with Crippen molar-refractivity contribution in [2.45, 2.75) is 20.8 Å². The maximum absolute atomic E-state index is 2.43. The van der Waals surface area contributed by atoms with Crippen molar-refractivity contribution in [3.05, 3.63) is 198 Å². The summed E-state index contributed by atoms with van der Waals surface area (Å²) in [6.07, 6.45) is 4.42. The van der Waals surface area contributed by atoms with Crippen LogP contribution in [0.5, 0.6) is 0 Å². The minimum atomic E-state index is 1.11. The van der Waals surface area contributed by atoms with Crippen LogP contribution in [-0.2, 0) is 0 Å². The number of anilines is 3. The second-order valence-corrected chi connectivity index (χ2v) is 11.8. The average molecular weight is 607 g/mol. The van der Waals surface area contributed by atoms with Gasteiger partial charge >= 0.3 is 0 Å². The van der Waals surface area contributed by atoms with Crippen LogP contribution in [0, 0.1) is 6.92 Å². The number of para-hydroxylation sites is 4. The molecule has 7 rings (SSSR count). The molecular weight excluding hydrogens is 569 g/mol. The molecule has 0 N–H and O–H groups in total. The summed E-state index contributed by atoms with van der Waals surface area (Å²) in [5.74, 6) is 0. The third kappa shape index (κ3) is 5.71. The number of nitrogens with zero attached hydrogens (tertiary/aromatic N) is 2. The van der Waals surface area contributed by atoms with Gasteiger partial charge in [0.25, 0.3) is 0 Å². The number of hydrogen-bond donors (Lipinski definition) is 0. The summed E-state index contributed by atoms with van der Waals surface area (Å²) in [5, 5.41) is 1.24. The molecule has 0 fully saturated rings. The van der Waals surface area contributed by atoms with Crippen molar-refractivity contribution in [2.75, 3.05) is 4.90 Å². The van der Waals surface area contributed by atoms with Gasteiger partial charge in [0, 0.05) is 33.7 Å². The van der Waals surface area contributed by atoms with E-state index >= 15 is 0 Å². The minimum absolute atomic E-state index is 1.11. The fourth-order valence-electron chi connectivity index (χ4n) is 6.76. The predicted octanol–water partition coefficient (Wildman–Crippen LogP) is 12.4. The smallest absolute Gasteiger partial charge is 0.0576 e. The van der Waals surface area contributed by atoms with Crippen LogP contribution in [0.15, 0.2) is 170 Å². The molecule has 1 aromatic heterocycles. The fraction of sp³-hybridized carbons (Fsp3) is 0.0667. The molecule has 0 saturated heterocycles. The lowest BCUT2D eigenvalue weighted by Crippen LogP contribution is -2.10. The lowest BCUT2D eigenvalue weighted by Gasteiger charge is -2.26. The summed E-state index contributed by atoms with van der Waals surface area (Å²) in [6, 6.07) is 58.5. The van der Waals surface area contributed by atoms with E-state index in [-0.39, 0.29) is 0 Å². The van der Waals surface area contributed by atoms with Crippen LogP contribution in [0.1, 0.15) is 41.8 Å². The van der Waals surface area contributed by atoms with Gasteiger partial charge in [-0.1, -0.05) is 121 Å². The first-order valence-electron chi connectivity index (χ1n) is 16.2. The molecule has 47 heavy (non-hydrogen) atoms. The Morgan fingerprint density at radius 3 is 1.83 bits per heavy atom. The highest BCUT2D eigenvalue weighted by Crippen LogP contribution is 2.42. The first kappa shape index (κ1) is 29.8. The Bertz CT molecular complexity index is 2160. The van der Waals surface area contributed by atoms with E-state index in [1.54, 1.807) is 0 Å². The zero-order valence-corrected chi connectivity index (χ0v) is 27.1. The van der Waals surface area contributed by atoms with Crippen LogP contribution in [-0.4, -0.2) is 4.57 Å². The average Bonchev–Trinajstić information content (AvgIpc) is 3.45. The van der Waals surface area contributed by atoms with E-state index in [0.29, 0.717) is 0 Å². The predicted molar refractivity (Wildman–Crippen MR) is 202 cm³/mol. The molecule has 0 unspecified atom stereocenters. The third-order valence-corrected chi connectivity index (χ3v) is 8.83. The lowest BCUT2D eigenvalue weighted by molar-refractivity contribution is 1.09. The van der Waals surface area contributed by atoms with Gasteiger partial charge in [0.1, 0.15) is 0 Å². The van der Waals surface area contributed by atoms with Gasteiger partial charge in [0.05, 0.1) is 11.2 Å². The van der Waals surface area contributed by atoms with Crippen LogP contribution < -0.4 is 4.90 Å². The van der Waals surface area contributed by atoms with Crippen molar-refractivity contribution in [1.82, 2.24) is 4.57 Å². The lowest BCUT2D eigenvalue weighted by atomic mass is 9.88. The van der Waals surface area contributed by atoms with Gasteiger partial charge in [-0.15, -0.1) is 0 Å². The molecule has 0 bridgehead atoms. The van der Waals surface area contributed by atoms with Crippen LogP contribution >= 0.6 is 0 Å². The number of allylic oxidation sites excluding steroid dienone is 2. The van der Waals surface area contributed by atoms with Gasteiger partial charge < -0.3 is 9.47 Å². The third-order valence-electron chi connectivity index (χ3n) is 8.83. The highest BCUT2D eigenvalue weighted by Gasteiger charge is 2.23. The van der Waals surface area contributed by atoms with Crippen LogP contribution in [0.3, 0.4) is 0 Å². The molecule has 0 radical (unpaired) electrons. The van der Waals surface area contributed by atoms with Crippen molar-refractivity contribution in [2.24, 2.45) is 0 Å². The van der Waals surface area contributed by atoms with Crippen LogP contribution in [0.4, 0.5) is 17.1 Å². The number of benzene rings is 6. The summed E-state index contributed by atoms with van der Waals surface area (Å²) in [5.41, 5.74) is 14.2.